The number of carbonyl (C=O) groups is 3. The Bertz CT molecular complexity index is 1280. The second-order valence-electron chi connectivity index (χ2n) is 8.72. The first kappa shape index (κ1) is 23.2. The molecule has 9 heteroatoms. The van der Waals surface area contributed by atoms with Crippen LogP contribution < -0.4 is 10.6 Å². The fraction of sp³-hybridized carbons (Fsp3) is 0.280. The predicted octanol–water partition coefficient (Wildman–Crippen LogP) is 3.05. The van der Waals surface area contributed by atoms with E-state index in [1.807, 2.05) is 26.0 Å². The Morgan fingerprint density at radius 1 is 1.15 bits per heavy atom. The number of carbonyl (C=O) groups excluding carboxylic acids is 3. The van der Waals surface area contributed by atoms with Crippen LogP contribution in [-0.4, -0.2) is 45.0 Å². The molecule has 1 atom stereocenters. The highest BCUT2D eigenvalue weighted by Gasteiger charge is 2.46. The highest BCUT2D eigenvalue weighted by Crippen LogP contribution is 2.27. The van der Waals surface area contributed by atoms with Gasteiger partial charge in [0.1, 0.15) is 17.1 Å². The van der Waals surface area contributed by atoms with Crippen LogP contribution in [0.4, 0.5) is 10.1 Å². The van der Waals surface area contributed by atoms with Crippen LogP contribution in [-0.2, 0) is 17.9 Å². The molecule has 1 aliphatic heterocycles. The lowest BCUT2D eigenvalue weighted by Gasteiger charge is -2.40. The van der Waals surface area contributed by atoms with Crippen molar-refractivity contribution in [2.24, 2.45) is 0 Å². The van der Waals surface area contributed by atoms with Crippen LogP contribution >= 0.6 is 0 Å². The zero-order chi connectivity index (χ0) is 24.6. The van der Waals surface area contributed by atoms with Gasteiger partial charge < -0.3 is 15.5 Å². The van der Waals surface area contributed by atoms with Crippen LogP contribution in [0.5, 0.6) is 0 Å². The molecule has 0 bridgehead atoms. The van der Waals surface area contributed by atoms with E-state index >= 15 is 0 Å². The van der Waals surface area contributed by atoms with Gasteiger partial charge in [-0.2, -0.15) is 5.10 Å². The number of rotatable bonds is 5. The summed E-state index contributed by atoms with van der Waals surface area (Å²) in [6.07, 6.45) is 0. The molecule has 2 N–H and O–H groups in total. The Kier molecular flexibility index (Phi) is 5.95. The van der Waals surface area contributed by atoms with Gasteiger partial charge in [-0.25, -0.2) is 4.39 Å². The fourth-order valence-corrected chi connectivity index (χ4v) is 3.89. The average Bonchev–Trinajstić information content (AvgIpc) is 3.24. The summed E-state index contributed by atoms with van der Waals surface area (Å²) in [6, 6.07) is 12.9. The van der Waals surface area contributed by atoms with Gasteiger partial charge >= 0.3 is 0 Å². The molecule has 3 aromatic rings. The van der Waals surface area contributed by atoms with Gasteiger partial charge in [0.2, 0.25) is 5.91 Å². The summed E-state index contributed by atoms with van der Waals surface area (Å²) < 4.78 is 14.5. The van der Waals surface area contributed by atoms with Crippen LogP contribution in [0.15, 0.2) is 48.5 Å². The fourth-order valence-electron chi connectivity index (χ4n) is 3.89. The number of hydrogen-bond donors (Lipinski definition) is 2. The largest absolute Gasteiger partial charge is 0.350 e. The normalized spacial score (nSPS) is 17.3. The second kappa shape index (κ2) is 8.74. The van der Waals surface area contributed by atoms with Crippen molar-refractivity contribution < 1.29 is 18.8 Å². The maximum Gasteiger partial charge on any atom is 0.276 e. The summed E-state index contributed by atoms with van der Waals surface area (Å²) in [5.74, 6) is -1.59. The van der Waals surface area contributed by atoms with Crippen molar-refractivity contribution in [3.8, 4) is 0 Å². The number of fused-ring (bicyclic) bond motifs is 1. The van der Waals surface area contributed by atoms with Crippen LogP contribution in [0.3, 0.4) is 0 Å². The summed E-state index contributed by atoms with van der Waals surface area (Å²) in [6.45, 7) is 5.78. The summed E-state index contributed by atoms with van der Waals surface area (Å²) in [7, 11) is 1.55. The lowest BCUT2D eigenvalue weighted by molar-refractivity contribution is -0.132. The standard InChI is InChI=1S/C25H26FN5O3/c1-15-6-5-7-19(16(15)2)28-22(32)20-12-21-23(33)30(4)25(3,14-31(21)29-20)24(34)27-13-17-8-10-18(26)11-9-17/h5-12H,13-14H2,1-4H3,(H,27,34)(H,28,32)/t25-/m0/s1. The third-order valence-corrected chi connectivity index (χ3v) is 6.44. The molecular formula is C25H26FN5O3. The Balaban J connectivity index is 1.53. The topological polar surface area (TPSA) is 96.3 Å². The number of halogens is 1. The average molecular weight is 464 g/mol. The Labute approximate surface area is 196 Å². The van der Waals surface area contributed by atoms with Crippen LogP contribution in [0.25, 0.3) is 0 Å². The van der Waals surface area contributed by atoms with E-state index in [2.05, 4.69) is 15.7 Å². The molecular weight excluding hydrogens is 437 g/mol. The van der Waals surface area contributed by atoms with E-state index in [1.54, 1.807) is 32.2 Å². The number of aryl methyl sites for hydroxylation is 1. The molecule has 0 aliphatic carbocycles. The van der Waals surface area contributed by atoms with Gasteiger partial charge in [-0.3, -0.25) is 19.1 Å². The van der Waals surface area contributed by atoms with Crippen molar-refractivity contribution >= 4 is 23.4 Å². The van der Waals surface area contributed by atoms with Crippen LogP contribution in [0.2, 0.25) is 0 Å². The number of hydrogen-bond acceptors (Lipinski definition) is 4. The maximum atomic E-state index is 13.1. The van der Waals surface area contributed by atoms with Gasteiger partial charge in [-0.1, -0.05) is 24.3 Å². The predicted molar refractivity (Wildman–Crippen MR) is 125 cm³/mol. The maximum absolute atomic E-state index is 13.1. The van der Waals surface area contributed by atoms with E-state index in [4.69, 9.17) is 0 Å². The number of likely N-dealkylation sites (N-methyl/N-ethyl adjacent to an activating group) is 1. The summed E-state index contributed by atoms with van der Waals surface area (Å²) in [4.78, 5) is 40.3. The minimum absolute atomic E-state index is 0.0799. The highest BCUT2D eigenvalue weighted by molar-refractivity contribution is 6.06. The van der Waals surface area contributed by atoms with Gasteiger partial charge in [-0.15, -0.1) is 0 Å². The zero-order valence-corrected chi connectivity index (χ0v) is 19.5. The minimum atomic E-state index is -1.23. The molecule has 1 aromatic heterocycles. The molecule has 0 radical (unpaired) electrons. The Hall–Kier alpha value is -4.01. The number of aromatic nitrogens is 2. The van der Waals surface area contributed by atoms with Crippen molar-refractivity contribution in [3.05, 3.63) is 82.4 Å². The van der Waals surface area contributed by atoms with Gasteiger partial charge in [0.15, 0.2) is 5.69 Å². The summed E-state index contributed by atoms with van der Waals surface area (Å²) >= 11 is 0. The third kappa shape index (κ3) is 4.16. The molecule has 2 aromatic carbocycles. The molecule has 8 nitrogen and oxygen atoms in total. The van der Waals surface area contributed by atoms with Gasteiger partial charge in [0, 0.05) is 25.3 Å². The van der Waals surface area contributed by atoms with E-state index in [9.17, 15) is 18.8 Å². The zero-order valence-electron chi connectivity index (χ0n) is 19.5. The molecule has 1 aliphatic rings. The first-order valence-electron chi connectivity index (χ1n) is 10.9. The van der Waals surface area contributed by atoms with Gasteiger partial charge in [0.25, 0.3) is 11.8 Å². The van der Waals surface area contributed by atoms with Crippen molar-refractivity contribution in [2.45, 2.75) is 39.4 Å². The lowest BCUT2D eigenvalue weighted by Crippen LogP contribution is -2.62. The van der Waals surface area contributed by atoms with Gasteiger partial charge in [0.05, 0.1) is 6.54 Å². The third-order valence-electron chi connectivity index (χ3n) is 6.44. The number of amides is 3. The molecule has 2 heterocycles. The monoisotopic (exact) mass is 463 g/mol. The molecule has 3 amide bonds. The van der Waals surface area contributed by atoms with Crippen molar-refractivity contribution in [2.75, 3.05) is 12.4 Å². The first-order valence-corrected chi connectivity index (χ1v) is 10.9. The molecule has 0 spiro atoms. The number of anilines is 1. The Morgan fingerprint density at radius 3 is 2.56 bits per heavy atom. The molecule has 0 saturated heterocycles. The number of nitrogens with one attached hydrogen (secondary N) is 2. The number of benzene rings is 2. The second-order valence-corrected chi connectivity index (χ2v) is 8.72. The van der Waals surface area contributed by atoms with E-state index < -0.39 is 17.4 Å². The van der Waals surface area contributed by atoms with Crippen molar-refractivity contribution in [1.29, 1.82) is 0 Å². The molecule has 4 rings (SSSR count). The summed E-state index contributed by atoms with van der Waals surface area (Å²) in [5, 5.41) is 9.98. The number of nitrogens with zero attached hydrogens (tertiary/aromatic N) is 3. The van der Waals surface area contributed by atoms with E-state index in [0.717, 1.165) is 16.7 Å². The smallest absolute Gasteiger partial charge is 0.276 e. The van der Waals surface area contributed by atoms with Crippen LogP contribution in [0, 0.1) is 19.7 Å². The minimum Gasteiger partial charge on any atom is -0.350 e. The van der Waals surface area contributed by atoms with Gasteiger partial charge in [-0.05, 0) is 55.7 Å². The van der Waals surface area contributed by atoms with Crippen LogP contribution in [0.1, 0.15) is 44.6 Å². The van der Waals surface area contributed by atoms with E-state index in [-0.39, 0.29) is 36.2 Å². The molecule has 176 valence electrons. The molecule has 0 unspecified atom stereocenters. The van der Waals surface area contributed by atoms with E-state index in [0.29, 0.717) is 5.69 Å². The first-order chi connectivity index (χ1) is 16.1. The van der Waals surface area contributed by atoms with Crippen molar-refractivity contribution in [1.82, 2.24) is 20.0 Å². The summed E-state index contributed by atoms with van der Waals surface area (Å²) in [5.41, 5.74) is 2.49. The lowest BCUT2D eigenvalue weighted by atomic mass is 9.96. The molecule has 0 fully saturated rings. The SMILES string of the molecule is Cc1cccc(NC(=O)c2cc3n(n2)C[C@@](C)(C(=O)NCc2ccc(F)cc2)N(C)C3=O)c1C. The molecule has 34 heavy (non-hydrogen) atoms. The quantitative estimate of drug-likeness (QED) is 0.608. The van der Waals surface area contributed by atoms with E-state index in [1.165, 1.54) is 27.8 Å². The van der Waals surface area contributed by atoms with Crippen molar-refractivity contribution in [3.63, 3.8) is 0 Å². The molecule has 0 saturated carbocycles. The highest BCUT2D eigenvalue weighted by atomic mass is 19.1. The Morgan fingerprint density at radius 2 is 1.85 bits per heavy atom.